The number of carboxylic acid groups (broad SMARTS) is 1. The summed E-state index contributed by atoms with van der Waals surface area (Å²) in [5.41, 5.74) is 11.7. The lowest BCUT2D eigenvalue weighted by molar-refractivity contribution is -0.137. The molecule has 0 spiro atoms. The molecule has 5 heteroatoms. The first-order valence-electron chi connectivity index (χ1n) is 3.78. The van der Waals surface area contributed by atoms with Gasteiger partial charge in [0.25, 0.3) is 0 Å². The molecule has 1 atom stereocenters. The molecular weight excluding hydrogens is 170 g/mol. The summed E-state index contributed by atoms with van der Waals surface area (Å²) in [6.07, 6.45) is 1.40. The number of carboxylic acids is 1. The third-order valence-corrected chi connectivity index (χ3v) is 1.63. The van der Waals surface area contributed by atoms with Crippen molar-refractivity contribution in [2.75, 3.05) is 5.73 Å². The molecule has 0 radical (unpaired) electrons. The van der Waals surface area contributed by atoms with Crippen LogP contribution >= 0.6 is 0 Å². The highest BCUT2D eigenvalue weighted by atomic mass is 16.4. The van der Waals surface area contributed by atoms with E-state index in [1.807, 2.05) is 0 Å². The minimum atomic E-state index is -0.928. The number of carbonyl (C=O) groups is 1. The highest BCUT2D eigenvalue weighted by Crippen LogP contribution is 2.14. The Bertz CT molecular complexity index is 314. The van der Waals surface area contributed by atoms with Crippen LogP contribution in [0.15, 0.2) is 18.3 Å². The number of nitrogens with zero attached hydrogens (tertiary/aromatic N) is 1. The Morgan fingerprint density at radius 3 is 2.92 bits per heavy atom. The van der Waals surface area contributed by atoms with E-state index < -0.39 is 12.0 Å². The second-order valence-corrected chi connectivity index (χ2v) is 2.72. The molecule has 5 nitrogen and oxygen atoms in total. The van der Waals surface area contributed by atoms with Crippen molar-refractivity contribution in [3.63, 3.8) is 0 Å². The van der Waals surface area contributed by atoms with Crippen LogP contribution in [0.3, 0.4) is 0 Å². The van der Waals surface area contributed by atoms with Gasteiger partial charge in [0.15, 0.2) is 0 Å². The lowest BCUT2D eigenvalue weighted by Crippen LogP contribution is -2.15. The fourth-order valence-electron chi connectivity index (χ4n) is 1.00. The number of rotatable bonds is 3. The van der Waals surface area contributed by atoms with E-state index in [4.69, 9.17) is 16.6 Å². The molecule has 0 saturated carbocycles. The molecule has 70 valence electrons. The maximum atomic E-state index is 10.3. The number of pyridine rings is 1. The lowest BCUT2D eigenvalue weighted by Gasteiger charge is -2.08. The molecule has 1 heterocycles. The zero-order valence-electron chi connectivity index (χ0n) is 6.97. The first-order chi connectivity index (χ1) is 6.09. The minimum absolute atomic E-state index is 0.108. The van der Waals surface area contributed by atoms with Crippen molar-refractivity contribution in [1.29, 1.82) is 0 Å². The van der Waals surface area contributed by atoms with Crippen LogP contribution in [0.2, 0.25) is 0 Å². The molecule has 0 saturated heterocycles. The van der Waals surface area contributed by atoms with Gasteiger partial charge < -0.3 is 16.6 Å². The molecule has 1 unspecified atom stereocenters. The number of aliphatic carboxylic acids is 1. The summed E-state index contributed by atoms with van der Waals surface area (Å²) >= 11 is 0. The van der Waals surface area contributed by atoms with Gasteiger partial charge in [-0.2, -0.15) is 0 Å². The van der Waals surface area contributed by atoms with Crippen molar-refractivity contribution in [3.05, 3.63) is 23.9 Å². The van der Waals surface area contributed by atoms with Crippen molar-refractivity contribution in [2.45, 2.75) is 12.5 Å². The van der Waals surface area contributed by atoms with Crippen LogP contribution in [0, 0.1) is 0 Å². The predicted octanol–water partition coefficient (Wildman–Crippen LogP) is 0.138. The molecule has 1 aromatic rings. The third-order valence-electron chi connectivity index (χ3n) is 1.63. The van der Waals surface area contributed by atoms with Gasteiger partial charge in [-0.1, -0.05) is 0 Å². The van der Waals surface area contributed by atoms with Gasteiger partial charge >= 0.3 is 5.97 Å². The number of hydrogen-bond acceptors (Lipinski definition) is 4. The monoisotopic (exact) mass is 181 g/mol. The number of nitrogens with two attached hydrogens (primary N) is 2. The zero-order valence-corrected chi connectivity index (χ0v) is 6.97. The number of hydrogen-bond donors (Lipinski definition) is 3. The SMILES string of the molecule is Nc1cc(C(N)CC(=O)O)ccn1. The van der Waals surface area contributed by atoms with Gasteiger partial charge in [-0.15, -0.1) is 0 Å². The van der Waals surface area contributed by atoms with Crippen LogP contribution in [0.5, 0.6) is 0 Å². The maximum Gasteiger partial charge on any atom is 0.305 e. The molecule has 0 aliphatic carbocycles. The Balaban J connectivity index is 2.76. The first-order valence-corrected chi connectivity index (χ1v) is 3.78. The number of nitrogen functional groups attached to an aromatic ring is 1. The second-order valence-electron chi connectivity index (χ2n) is 2.72. The fourth-order valence-corrected chi connectivity index (χ4v) is 1.00. The largest absolute Gasteiger partial charge is 0.481 e. The van der Waals surface area contributed by atoms with Gasteiger partial charge in [0.05, 0.1) is 6.42 Å². The minimum Gasteiger partial charge on any atom is -0.481 e. The van der Waals surface area contributed by atoms with Crippen molar-refractivity contribution in [3.8, 4) is 0 Å². The van der Waals surface area contributed by atoms with E-state index in [9.17, 15) is 4.79 Å². The fraction of sp³-hybridized carbons (Fsp3) is 0.250. The normalized spacial score (nSPS) is 12.4. The van der Waals surface area contributed by atoms with Crippen molar-refractivity contribution in [2.24, 2.45) is 5.73 Å². The Kier molecular flexibility index (Phi) is 2.81. The van der Waals surface area contributed by atoms with Gasteiger partial charge in [0.1, 0.15) is 5.82 Å². The summed E-state index contributed by atoms with van der Waals surface area (Å²) in [6.45, 7) is 0. The van der Waals surface area contributed by atoms with Crippen molar-refractivity contribution in [1.82, 2.24) is 4.98 Å². The van der Waals surface area contributed by atoms with Crippen molar-refractivity contribution < 1.29 is 9.90 Å². The summed E-state index contributed by atoms with van der Waals surface area (Å²) in [5.74, 6) is -0.582. The van der Waals surface area contributed by atoms with E-state index in [-0.39, 0.29) is 6.42 Å². The smallest absolute Gasteiger partial charge is 0.305 e. The number of anilines is 1. The van der Waals surface area contributed by atoms with Gasteiger partial charge in [-0.25, -0.2) is 4.98 Å². The third kappa shape index (κ3) is 2.72. The van der Waals surface area contributed by atoms with E-state index in [0.29, 0.717) is 11.4 Å². The summed E-state index contributed by atoms with van der Waals surface area (Å²) in [4.78, 5) is 14.1. The van der Waals surface area contributed by atoms with Gasteiger partial charge in [-0.3, -0.25) is 4.79 Å². The maximum absolute atomic E-state index is 10.3. The molecule has 0 aromatic carbocycles. The Morgan fingerprint density at radius 1 is 1.69 bits per heavy atom. The summed E-state index contributed by atoms with van der Waals surface area (Å²) in [6, 6.07) is 2.71. The van der Waals surface area contributed by atoms with E-state index >= 15 is 0 Å². The summed E-state index contributed by atoms with van der Waals surface area (Å²) in [7, 11) is 0. The van der Waals surface area contributed by atoms with Crippen LogP contribution in [0.4, 0.5) is 5.82 Å². The Labute approximate surface area is 75.4 Å². The molecule has 13 heavy (non-hydrogen) atoms. The predicted molar refractivity (Wildman–Crippen MR) is 47.8 cm³/mol. The number of aromatic nitrogens is 1. The first kappa shape index (κ1) is 9.47. The highest BCUT2D eigenvalue weighted by molar-refractivity contribution is 5.67. The van der Waals surface area contributed by atoms with Crippen molar-refractivity contribution >= 4 is 11.8 Å². The topological polar surface area (TPSA) is 102 Å². The van der Waals surface area contributed by atoms with E-state index in [1.54, 1.807) is 12.1 Å². The molecule has 1 aromatic heterocycles. The van der Waals surface area contributed by atoms with Gasteiger partial charge in [-0.05, 0) is 17.7 Å². The molecular formula is C8H11N3O2. The Morgan fingerprint density at radius 2 is 2.38 bits per heavy atom. The van der Waals surface area contributed by atoms with Crippen LogP contribution in [-0.4, -0.2) is 16.1 Å². The summed E-state index contributed by atoms with van der Waals surface area (Å²) < 4.78 is 0. The molecule has 1 rings (SSSR count). The molecule has 0 bridgehead atoms. The van der Waals surface area contributed by atoms with Gasteiger partial charge in [0, 0.05) is 12.2 Å². The highest BCUT2D eigenvalue weighted by Gasteiger charge is 2.10. The standard InChI is InChI=1S/C8H11N3O2/c9-6(4-8(12)13)5-1-2-11-7(10)3-5/h1-3,6H,4,9H2,(H2,10,11)(H,12,13). The molecule has 5 N–H and O–H groups in total. The van der Waals surface area contributed by atoms with Gasteiger partial charge in [0.2, 0.25) is 0 Å². The van der Waals surface area contributed by atoms with E-state index in [1.165, 1.54) is 6.20 Å². The zero-order chi connectivity index (χ0) is 9.84. The van der Waals surface area contributed by atoms with Crippen LogP contribution in [-0.2, 0) is 4.79 Å². The molecule has 0 aliphatic rings. The lowest BCUT2D eigenvalue weighted by atomic mass is 10.1. The van der Waals surface area contributed by atoms with E-state index in [0.717, 1.165) is 0 Å². The average molecular weight is 181 g/mol. The molecule has 0 amide bonds. The summed E-state index contributed by atoms with van der Waals surface area (Å²) in [5, 5.41) is 8.49. The van der Waals surface area contributed by atoms with Crippen LogP contribution < -0.4 is 11.5 Å². The average Bonchev–Trinajstić information content (AvgIpc) is 2.03. The second kappa shape index (κ2) is 3.86. The van der Waals surface area contributed by atoms with Crippen LogP contribution in [0.1, 0.15) is 18.0 Å². The molecule has 0 fully saturated rings. The Hall–Kier alpha value is -1.62. The van der Waals surface area contributed by atoms with E-state index in [2.05, 4.69) is 4.98 Å². The quantitative estimate of drug-likeness (QED) is 0.615. The van der Waals surface area contributed by atoms with Crippen LogP contribution in [0.25, 0.3) is 0 Å². The molecule has 0 aliphatic heterocycles.